The number of nitro groups is 1. The zero-order valence-corrected chi connectivity index (χ0v) is 15.4. The third-order valence-electron chi connectivity index (χ3n) is 4.14. The van der Waals surface area contributed by atoms with Crippen LogP contribution in [-0.4, -0.2) is 44.3 Å². The average molecular weight is 387 g/mol. The van der Waals surface area contributed by atoms with E-state index < -0.39 is 10.8 Å². The van der Waals surface area contributed by atoms with Crippen LogP contribution in [0.25, 0.3) is 0 Å². The first-order valence-corrected chi connectivity index (χ1v) is 8.76. The first kappa shape index (κ1) is 19.4. The minimum Gasteiger partial charge on any atom is -0.486 e. The molecule has 0 radical (unpaired) electrons. The molecular formula is C19H21N3O6. The van der Waals surface area contributed by atoms with Crippen LogP contribution in [-0.2, 0) is 11.3 Å². The maximum absolute atomic E-state index is 12.4. The zero-order valence-electron chi connectivity index (χ0n) is 15.4. The monoisotopic (exact) mass is 387 g/mol. The molecule has 0 aliphatic carbocycles. The van der Waals surface area contributed by atoms with Gasteiger partial charge in [0.1, 0.15) is 18.9 Å². The maximum Gasteiger partial charge on any atom is 0.293 e. The quantitative estimate of drug-likeness (QED) is 0.406. The van der Waals surface area contributed by atoms with Gasteiger partial charge in [-0.3, -0.25) is 14.9 Å². The molecule has 28 heavy (non-hydrogen) atoms. The number of methoxy groups -OCH3 is 1. The van der Waals surface area contributed by atoms with Gasteiger partial charge < -0.3 is 24.8 Å². The van der Waals surface area contributed by atoms with Crippen LogP contribution in [0.1, 0.15) is 15.9 Å². The van der Waals surface area contributed by atoms with E-state index in [4.69, 9.17) is 14.2 Å². The van der Waals surface area contributed by atoms with E-state index in [9.17, 15) is 14.9 Å². The molecule has 1 amide bonds. The second kappa shape index (κ2) is 9.05. The van der Waals surface area contributed by atoms with Crippen LogP contribution in [0.5, 0.6) is 11.5 Å². The third-order valence-corrected chi connectivity index (χ3v) is 4.14. The number of benzene rings is 2. The minimum atomic E-state index is -0.521. The Balaban J connectivity index is 1.66. The van der Waals surface area contributed by atoms with E-state index in [0.717, 1.165) is 5.56 Å². The molecule has 1 aliphatic heterocycles. The van der Waals surface area contributed by atoms with Gasteiger partial charge in [0.15, 0.2) is 11.5 Å². The summed E-state index contributed by atoms with van der Waals surface area (Å²) in [5.41, 5.74) is 1.22. The van der Waals surface area contributed by atoms with E-state index in [1.807, 2.05) is 6.07 Å². The third kappa shape index (κ3) is 4.68. The molecule has 0 unspecified atom stereocenters. The fourth-order valence-electron chi connectivity index (χ4n) is 2.74. The highest BCUT2D eigenvalue weighted by atomic mass is 16.6. The summed E-state index contributed by atoms with van der Waals surface area (Å²) in [6.45, 7) is 2.09. The molecule has 3 rings (SSSR count). The standard InChI is InChI=1S/C19H21N3O6/c1-26-7-6-20-15-4-3-14(11-16(15)22(24)25)19(23)21-12-13-2-5-17-18(10-13)28-9-8-27-17/h2-5,10-11,20H,6-9,12H2,1H3,(H,21,23). The van der Waals surface area contributed by atoms with Gasteiger partial charge in [0, 0.05) is 31.8 Å². The molecule has 0 bridgehead atoms. The molecule has 2 aromatic rings. The average Bonchev–Trinajstić information content (AvgIpc) is 2.72. The van der Waals surface area contributed by atoms with Crippen LogP contribution in [0.15, 0.2) is 36.4 Å². The van der Waals surface area contributed by atoms with Crippen molar-refractivity contribution in [1.82, 2.24) is 5.32 Å². The molecule has 0 spiro atoms. The smallest absolute Gasteiger partial charge is 0.293 e. The number of nitro benzene ring substituents is 1. The largest absolute Gasteiger partial charge is 0.486 e. The highest BCUT2D eigenvalue weighted by Gasteiger charge is 2.18. The van der Waals surface area contributed by atoms with Gasteiger partial charge in [-0.2, -0.15) is 0 Å². The molecular weight excluding hydrogens is 366 g/mol. The Morgan fingerprint density at radius 3 is 2.71 bits per heavy atom. The predicted molar refractivity (Wildman–Crippen MR) is 102 cm³/mol. The summed E-state index contributed by atoms with van der Waals surface area (Å²) in [6, 6.07) is 9.75. The van der Waals surface area contributed by atoms with Gasteiger partial charge in [-0.1, -0.05) is 6.07 Å². The fraction of sp³-hybridized carbons (Fsp3) is 0.316. The van der Waals surface area contributed by atoms with Gasteiger partial charge in [-0.05, 0) is 29.8 Å². The van der Waals surface area contributed by atoms with Crippen LogP contribution in [0.4, 0.5) is 11.4 Å². The number of carbonyl (C=O) groups is 1. The number of nitrogens with zero attached hydrogens (tertiary/aromatic N) is 1. The number of amides is 1. The number of rotatable bonds is 8. The molecule has 0 fully saturated rings. The number of anilines is 1. The first-order valence-electron chi connectivity index (χ1n) is 8.76. The normalized spacial score (nSPS) is 12.3. The fourth-order valence-corrected chi connectivity index (χ4v) is 2.74. The summed E-state index contributed by atoms with van der Waals surface area (Å²) >= 11 is 0. The number of carbonyl (C=O) groups excluding carboxylic acids is 1. The summed E-state index contributed by atoms with van der Waals surface area (Å²) in [4.78, 5) is 23.2. The van der Waals surface area contributed by atoms with Crippen molar-refractivity contribution in [2.45, 2.75) is 6.54 Å². The van der Waals surface area contributed by atoms with E-state index in [1.54, 1.807) is 25.3 Å². The Labute approximate surface area is 161 Å². The van der Waals surface area contributed by atoms with E-state index in [-0.39, 0.29) is 17.8 Å². The second-order valence-corrected chi connectivity index (χ2v) is 6.07. The van der Waals surface area contributed by atoms with Gasteiger partial charge in [0.05, 0.1) is 11.5 Å². The van der Waals surface area contributed by atoms with Crippen molar-refractivity contribution in [3.63, 3.8) is 0 Å². The summed E-state index contributed by atoms with van der Waals surface area (Å²) in [5.74, 6) is 0.912. The lowest BCUT2D eigenvalue weighted by molar-refractivity contribution is -0.384. The molecule has 9 nitrogen and oxygen atoms in total. The predicted octanol–water partition coefficient (Wildman–Crippen LogP) is 2.35. The van der Waals surface area contributed by atoms with Crippen LogP contribution in [0, 0.1) is 10.1 Å². The molecule has 148 valence electrons. The number of ether oxygens (including phenoxy) is 3. The molecule has 0 atom stereocenters. The van der Waals surface area contributed by atoms with E-state index in [1.165, 1.54) is 12.1 Å². The molecule has 0 saturated carbocycles. The summed E-state index contributed by atoms with van der Waals surface area (Å²) in [7, 11) is 1.55. The number of hydrogen-bond acceptors (Lipinski definition) is 7. The maximum atomic E-state index is 12.4. The van der Waals surface area contributed by atoms with Gasteiger partial charge in [0.2, 0.25) is 0 Å². The summed E-state index contributed by atoms with van der Waals surface area (Å²) in [5, 5.41) is 17.0. The van der Waals surface area contributed by atoms with E-state index in [2.05, 4.69) is 10.6 Å². The zero-order chi connectivity index (χ0) is 19.9. The van der Waals surface area contributed by atoms with Crippen LogP contribution < -0.4 is 20.1 Å². The van der Waals surface area contributed by atoms with Crippen molar-refractivity contribution in [1.29, 1.82) is 0 Å². The Kier molecular flexibility index (Phi) is 6.28. The van der Waals surface area contributed by atoms with Crippen molar-refractivity contribution in [3.8, 4) is 11.5 Å². The molecule has 1 aliphatic rings. The Hall–Kier alpha value is -3.33. The highest BCUT2D eigenvalue weighted by Crippen LogP contribution is 2.30. The minimum absolute atomic E-state index is 0.164. The van der Waals surface area contributed by atoms with Crippen LogP contribution >= 0.6 is 0 Å². The molecule has 0 saturated heterocycles. The van der Waals surface area contributed by atoms with Crippen molar-refractivity contribution in [2.75, 3.05) is 38.8 Å². The van der Waals surface area contributed by atoms with E-state index >= 15 is 0 Å². The molecule has 9 heteroatoms. The Morgan fingerprint density at radius 2 is 1.96 bits per heavy atom. The number of fused-ring (bicyclic) bond motifs is 1. The topological polar surface area (TPSA) is 112 Å². The van der Waals surface area contributed by atoms with E-state index in [0.29, 0.717) is 43.6 Å². The van der Waals surface area contributed by atoms with Crippen molar-refractivity contribution >= 4 is 17.3 Å². The Morgan fingerprint density at radius 1 is 1.18 bits per heavy atom. The second-order valence-electron chi connectivity index (χ2n) is 6.07. The van der Waals surface area contributed by atoms with Crippen molar-refractivity contribution in [3.05, 3.63) is 57.6 Å². The molecule has 2 N–H and O–H groups in total. The lowest BCUT2D eigenvalue weighted by Gasteiger charge is -2.19. The molecule has 2 aromatic carbocycles. The van der Waals surface area contributed by atoms with Gasteiger partial charge in [-0.25, -0.2) is 0 Å². The van der Waals surface area contributed by atoms with Crippen LogP contribution in [0.2, 0.25) is 0 Å². The highest BCUT2D eigenvalue weighted by molar-refractivity contribution is 5.95. The van der Waals surface area contributed by atoms with Gasteiger partial charge in [0.25, 0.3) is 11.6 Å². The van der Waals surface area contributed by atoms with Crippen molar-refractivity contribution < 1.29 is 23.9 Å². The van der Waals surface area contributed by atoms with Crippen molar-refractivity contribution in [2.24, 2.45) is 0 Å². The van der Waals surface area contributed by atoms with Crippen LogP contribution in [0.3, 0.4) is 0 Å². The molecule has 0 aromatic heterocycles. The van der Waals surface area contributed by atoms with Gasteiger partial charge in [-0.15, -0.1) is 0 Å². The number of nitrogens with one attached hydrogen (secondary N) is 2. The summed E-state index contributed by atoms with van der Waals surface area (Å²) < 4.78 is 15.9. The molecule has 1 heterocycles. The number of hydrogen-bond donors (Lipinski definition) is 2. The Bertz CT molecular complexity index is 871. The lowest BCUT2D eigenvalue weighted by atomic mass is 10.1. The SMILES string of the molecule is COCCNc1ccc(C(=O)NCc2ccc3c(c2)OCCO3)cc1[N+](=O)[O-]. The lowest BCUT2D eigenvalue weighted by Crippen LogP contribution is -2.23. The van der Waals surface area contributed by atoms with Gasteiger partial charge >= 0.3 is 0 Å². The first-order chi connectivity index (χ1) is 13.6. The summed E-state index contributed by atoms with van der Waals surface area (Å²) in [6.07, 6.45) is 0.